The van der Waals surface area contributed by atoms with Gasteiger partial charge in [0.25, 0.3) is 0 Å². The summed E-state index contributed by atoms with van der Waals surface area (Å²) in [5.74, 6) is -0.786. The van der Waals surface area contributed by atoms with E-state index >= 15 is 0 Å². The minimum Gasteiger partial charge on any atom is -0.480 e. The zero-order valence-corrected chi connectivity index (χ0v) is 14.7. The molecule has 1 aromatic heterocycles. The Hall–Kier alpha value is -1.85. The van der Waals surface area contributed by atoms with Crippen molar-refractivity contribution < 1.29 is 9.90 Å². The molecule has 0 saturated carbocycles. The molecule has 1 aliphatic carbocycles. The van der Waals surface area contributed by atoms with Crippen molar-refractivity contribution in [1.82, 2.24) is 15.1 Å². The lowest BCUT2D eigenvalue weighted by Gasteiger charge is -2.12. The van der Waals surface area contributed by atoms with E-state index in [1.165, 1.54) is 11.3 Å². The van der Waals surface area contributed by atoms with Crippen LogP contribution in [0.25, 0.3) is 5.69 Å². The number of nitrogens with zero attached hydrogens (tertiary/aromatic N) is 2. The lowest BCUT2D eigenvalue weighted by Crippen LogP contribution is -2.36. The lowest BCUT2D eigenvalue weighted by molar-refractivity contribution is -0.139. The van der Waals surface area contributed by atoms with Crippen molar-refractivity contribution in [3.05, 3.63) is 47.3 Å². The van der Waals surface area contributed by atoms with E-state index in [1.54, 1.807) is 0 Å². The van der Waals surface area contributed by atoms with E-state index in [2.05, 4.69) is 17.4 Å². The van der Waals surface area contributed by atoms with Gasteiger partial charge in [0.15, 0.2) is 0 Å². The highest BCUT2D eigenvalue weighted by Crippen LogP contribution is 2.27. The molecule has 130 valence electrons. The quantitative estimate of drug-likeness (QED) is 0.806. The molecule has 0 bridgehead atoms. The summed E-state index contributed by atoms with van der Waals surface area (Å²) in [5.41, 5.74) is 4.63. The Kier molecular flexibility index (Phi) is 6.40. The van der Waals surface area contributed by atoms with E-state index in [9.17, 15) is 9.90 Å². The number of carboxylic acids is 1. The van der Waals surface area contributed by atoms with Crippen molar-refractivity contribution in [3.8, 4) is 5.69 Å². The number of aliphatic carboxylic acids is 1. The molecule has 0 saturated heterocycles. The van der Waals surface area contributed by atoms with Gasteiger partial charge in [0.05, 0.1) is 11.4 Å². The van der Waals surface area contributed by atoms with Crippen molar-refractivity contribution in [1.29, 1.82) is 0 Å². The minimum atomic E-state index is -0.786. The van der Waals surface area contributed by atoms with Gasteiger partial charge in [-0.25, -0.2) is 4.68 Å². The van der Waals surface area contributed by atoms with Gasteiger partial charge < -0.3 is 5.11 Å². The van der Waals surface area contributed by atoms with Crippen LogP contribution in [-0.2, 0) is 24.2 Å². The molecule has 24 heavy (non-hydrogen) atoms. The molecule has 0 amide bonds. The maximum Gasteiger partial charge on any atom is 0.320 e. The standard InChI is InChI=1S/C18H23N3O2.ClH/c1-2-7-15(18(22)23)19-12-16-14-10-6-11-17(14)21(20-16)13-8-4-3-5-9-13;/h3-5,8-9,15,19H,2,6-7,10-12H2,1H3,(H,22,23);1H. The Labute approximate surface area is 148 Å². The van der Waals surface area contributed by atoms with Crippen LogP contribution in [0.3, 0.4) is 0 Å². The fourth-order valence-corrected chi connectivity index (χ4v) is 3.26. The summed E-state index contributed by atoms with van der Waals surface area (Å²) in [6.45, 7) is 2.51. The number of carboxylic acid groups (broad SMARTS) is 1. The van der Waals surface area contributed by atoms with Gasteiger partial charge in [0.1, 0.15) is 6.04 Å². The molecule has 3 rings (SSSR count). The summed E-state index contributed by atoms with van der Waals surface area (Å²) in [5, 5.41) is 17.2. The van der Waals surface area contributed by atoms with Crippen LogP contribution in [0.15, 0.2) is 30.3 Å². The number of aromatic nitrogens is 2. The van der Waals surface area contributed by atoms with E-state index in [1.807, 2.05) is 29.8 Å². The monoisotopic (exact) mass is 349 g/mol. The van der Waals surface area contributed by atoms with Gasteiger partial charge >= 0.3 is 5.97 Å². The molecule has 0 spiro atoms. The Morgan fingerprint density at radius 1 is 1.33 bits per heavy atom. The Morgan fingerprint density at radius 3 is 2.75 bits per heavy atom. The molecular formula is C18H24ClN3O2. The first-order valence-corrected chi connectivity index (χ1v) is 8.32. The largest absolute Gasteiger partial charge is 0.480 e. The summed E-state index contributed by atoms with van der Waals surface area (Å²) in [6.07, 6.45) is 4.70. The molecule has 2 aromatic rings. The van der Waals surface area contributed by atoms with E-state index in [0.717, 1.165) is 37.1 Å². The number of hydrogen-bond donors (Lipinski definition) is 2. The molecule has 6 heteroatoms. The maximum atomic E-state index is 11.3. The Balaban J connectivity index is 0.00000208. The first kappa shape index (κ1) is 18.5. The highest BCUT2D eigenvalue weighted by Gasteiger charge is 2.24. The first-order chi connectivity index (χ1) is 11.2. The maximum absolute atomic E-state index is 11.3. The van der Waals surface area contributed by atoms with Gasteiger partial charge in [0.2, 0.25) is 0 Å². The van der Waals surface area contributed by atoms with Crippen LogP contribution in [0.1, 0.15) is 43.1 Å². The van der Waals surface area contributed by atoms with Crippen LogP contribution in [-0.4, -0.2) is 26.9 Å². The SMILES string of the molecule is CCCC(NCc1nn(-c2ccccc2)c2c1CCC2)C(=O)O.Cl. The second-order valence-corrected chi connectivity index (χ2v) is 6.03. The van der Waals surface area contributed by atoms with Gasteiger partial charge in [0, 0.05) is 12.2 Å². The molecule has 1 heterocycles. The van der Waals surface area contributed by atoms with Crippen LogP contribution in [0.2, 0.25) is 0 Å². The highest BCUT2D eigenvalue weighted by molar-refractivity contribution is 5.85. The summed E-state index contributed by atoms with van der Waals surface area (Å²) in [4.78, 5) is 11.3. The van der Waals surface area contributed by atoms with E-state index in [0.29, 0.717) is 13.0 Å². The number of para-hydroxylation sites is 1. The third-order valence-corrected chi connectivity index (χ3v) is 4.41. The number of benzene rings is 1. The molecule has 1 aromatic carbocycles. The second-order valence-electron chi connectivity index (χ2n) is 6.03. The fourth-order valence-electron chi connectivity index (χ4n) is 3.26. The zero-order valence-electron chi connectivity index (χ0n) is 13.9. The molecule has 0 aliphatic heterocycles. The molecule has 1 unspecified atom stereocenters. The van der Waals surface area contributed by atoms with Crippen LogP contribution in [0.4, 0.5) is 0 Å². The molecule has 5 nitrogen and oxygen atoms in total. The van der Waals surface area contributed by atoms with Gasteiger partial charge in [-0.05, 0) is 43.4 Å². The molecule has 0 fully saturated rings. The van der Waals surface area contributed by atoms with Crippen LogP contribution in [0, 0.1) is 0 Å². The number of halogens is 1. The Morgan fingerprint density at radius 2 is 2.08 bits per heavy atom. The smallest absolute Gasteiger partial charge is 0.320 e. The summed E-state index contributed by atoms with van der Waals surface area (Å²) in [6, 6.07) is 9.63. The number of hydrogen-bond acceptors (Lipinski definition) is 3. The highest BCUT2D eigenvalue weighted by atomic mass is 35.5. The molecule has 1 atom stereocenters. The van der Waals surface area contributed by atoms with Gasteiger partial charge in [-0.2, -0.15) is 5.10 Å². The van der Waals surface area contributed by atoms with Crippen molar-refractivity contribution in [2.45, 2.75) is 51.6 Å². The topological polar surface area (TPSA) is 67.2 Å². The summed E-state index contributed by atoms with van der Waals surface area (Å²) in [7, 11) is 0. The van der Waals surface area contributed by atoms with Crippen molar-refractivity contribution in [2.24, 2.45) is 0 Å². The van der Waals surface area contributed by atoms with E-state index in [-0.39, 0.29) is 12.4 Å². The number of fused-ring (bicyclic) bond motifs is 1. The molecule has 2 N–H and O–H groups in total. The zero-order chi connectivity index (χ0) is 16.2. The predicted octanol–water partition coefficient (Wildman–Crippen LogP) is 3.13. The third kappa shape index (κ3) is 3.79. The van der Waals surface area contributed by atoms with Crippen LogP contribution < -0.4 is 5.32 Å². The summed E-state index contributed by atoms with van der Waals surface area (Å²) >= 11 is 0. The predicted molar refractivity (Wildman–Crippen MR) is 96.0 cm³/mol. The fraction of sp³-hybridized carbons (Fsp3) is 0.444. The average Bonchev–Trinajstić information content (AvgIpc) is 3.15. The normalized spacial score (nSPS) is 14.0. The molecule has 1 aliphatic rings. The number of rotatable bonds is 7. The van der Waals surface area contributed by atoms with Crippen LogP contribution >= 0.6 is 12.4 Å². The Bertz CT molecular complexity index is 685. The summed E-state index contributed by atoms with van der Waals surface area (Å²) < 4.78 is 2.02. The lowest BCUT2D eigenvalue weighted by atomic mass is 10.1. The third-order valence-electron chi connectivity index (χ3n) is 4.41. The van der Waals surface area contributed by atoms with Gasteiger partial charge in [-0.3, -0.25) is 10.1 Å². The van der Waals surface area contributed by atoms with Crippen molar-refractivity contribution >= 4 is 18.4 Å². The number of nitrogens with one attached hydrogen (secondary N) is 1. The first-order valence-electron chi connectivity index (χ1n) is 8.32. The van der Waals surface area contributed by atoms with Crippen LogP contribution in [0.5, 0.6) is 0 Å². The van der Waals surface area contributed by atoms with Crippen molar-refractivity contribution in [3.63, 3.8) is 0 Å². The minimum absolute atomic E-state index is 0. The van der Waals surface area contributed by atoms with Gasteiger partial charge in [-0.15, -0.1) is 12.4 Å². The van der Waals surface area contributed by atoms with E-state index in [4.69, 9.17) is 5.10 Å². The number of carbonyl (C=O) groups is 1. The molecule has 0 radical (unpaired) electrons. The van der Waals surface area contributed by atoms with E-state index < -0.39 is 12.0 Å². The molecular weight excluding hydrogens is 326 g/mol. The van der Waals surface area contributed by atoms with Gasteiger partial charge in [-0.1, -0.05) is 31.5 Å². The van der Waals surface area contributed by atoms with Crippen molar-refractivity contribution in [2.75, 3.05) is 0 Å². The second kappa shape index (κ2) is 8.31. The average molecular weight is 350 g/mol.